The highest BCUT2D eigenvalue weighted by Crippen LogP contribution is 2.36. The standard InChI is InChI=1S/C20H22N2O2/c1-23-19-7-6-16(14-20(19)24-17-4-2-3-5-17)18(8-11-21)15-9-12-22-13-10-15/h6-7,9-10,12-14,17-18H,2-5,8H2,1H3. The van der Waals surface area contributed by atoms with Crippen LogP contribution in [0.25, 0.3) is 0 Å². The first-order chi connectivity index (χ1) is 11.8. The van der Waals surface area contributed by atoms with Gasteiger partial charge in [0.25, 0.3) is 0 Å². The fourth-order valence-corrected chi connectivity index (χ4v) is 3.30. The van der Waals surface area contributed by atoms with E-state index in [2.05, 4.69) is 11.1 Å². The van der Waals surface area contributed by atoms with Crippen molar-refractivity contribution in [2.45, 2.75) is 44.1 Å². The van der Waals surface area contributed by atoms with Crippen LogP contribution in [0.15, 0.2) is 42.7 Å². The maximum absolute atomic E-state index is 9.24. The molecule has 24 heavy (non-hydrogen) atoms. The molecule has 0 radical (unpaired) electrons. The van der Waals surface area contributed by atoms with Crippen molar-refractivity contribution in [3.63, 3.8) is 0 Å². The van der Waals surface area contributed by atoms with Crippen LogP contribution in [0.1, 0.15) is 49.1 Å². The summed E-state index contributed by atoms with van der Waals surface area (Å²) >= 11 is 0. The van der Waals surface area contributed by atoms with E-state index in [4.69, 9.17) is 9.47 Å². The smallest absolute Gasteiger partial charge is 0.161 e. The molecule has 2 aromatic rings. The fraction of sp³-hybridized carbons (Fsp3) is 0.400. The summed E-state index contributed by atoms with van der Waals surface area (Å²) in [7, 11) is 1.66. The first-order valence-corrected chi connectivity index (χ1v) is 8.43. The Labute approximate surface area is 143 Å². The Kier molecular flexibility index (Phi) is 5.32. The molecule has 0 bridgehead atoms. The van der Waals surface area contributed by atoms with Crippen LogP contribution < -0.4 is 9.47 Å². The second-order valence-corrected chi connectivity index (χ2v) is 6.13. The molecule has 1 aliphatic rings. The first kappa shape index (κ1) is 16.3. The van der Waals surface area contributed by atoms with Crippen LogP contribution in [0.3, 0.4) is 0 Å². The zero-order chi connectivity index (χ0) is 16.8. The van der Waals surface area contributed by atoms with Gasteiger partial charge in [-0.05, 0) is 61.1 Å². The Morgan fingerprint density at radius 3 is 2.54 bits per heavy atom. The number of nitrogens with zero attached hydrogens (tertiary/aromatic N) is 2. The van der Waals surface area contributed by atoms with Crippen LogP contribution in [0.4, 0.5) is 0 Å². The predicted octanol–water partition coefficient (Wildman–Crippen LogP) is 4.46. The van der Waals surface area contributed by atoms with Crippen LogP contribution in [-0.4, -0.2) is 18.2 Å². The van der Waals surface area contributed by atoms with E-state index >= 15 is 0 Å². The van der Waals surface area contributed by atoms with Crippen molar-refractivity contribution < 1.29 is 9.47 Å². The molecule has 1 aromatic carbocycles. The lowest BCUT2D eigenvalue weighted by molar-refractivity contribution is 0.200. The second-order valence-electron chi connectivity index (χ2n) is 6.13. The number of nitriles is 1. The van der Waals surface area contributed by atoms with Gasteiger partial charge >= 0.3 is 0 Å². The summed E-state index contributed by atoms with van der Waals surface area (Å²) in [5, 5.41) is 9.24. The van der Waals surface area contributed by atoms with Crippen molar-refractivity contribution in [3.05, 3.63) is 53.9 Å². The summed E-state index contributed by atoms with van der Waals surface area (Å²) < 4.78 is 11.6. The molecular formula is C20H22N2O2. The molecule has 0 amide bonds. The second kappa shape index (κ2) is 7.83. The average molecular weight is 322 g/mol. The summed E-state index contributed by atoms with van der Waals surface area (Å²) in [4.78, 5) is 4.07. The van der Waals surface area contributed by atoms with Gasteiger partial charge in [0.15, 0.2) is 11.5 Å². The molecule has 1 aromatic heterocycles. The number of pyridine rings is 1. The molecular weight excluding hydrogens is 300 g/mol. The summed E-state index contributed by atoms with van der Waals surface area (Å²) in [6.45, 7) is 0. The third-order valence-corrected chi connectivity index (χ3v) is 4.59. The molecule has 1 atom stereocenters. The predicted molar refractivity (Wildman–Crippen MR) is 92.2 cm³/mol. The molecule has 1 heterocycles. The van der Waals surface area contributed by atoms with Crippen LogP contribution in [0.5, 0.6) is 11.5 Å². The van der Waals surface area contributed by atoms with E-state index in [1.165, 1.54) is 12.8 Å². The number of hydrogen-bond donors (Lipinski definition) is 0. The van der Waals surface area contributed by atoms with Gasteiger partial charge in [-0.25, -0.2) is 0 Å². The van der Waals surface area contributed by atoms with Crippen LogP contribution in [-0.2, 0) is 0 Å². The third-order valence-electron chi connectivity index (χ3n) is 4.59. The molecule has 0 aliphatic heterocycles. The Bertz CT molecular complexity index is 703. The average Bonchev–Trinajstić information content (AvgIpc) is 3.13. The fourth-order valence-electron chi connectivity index (χ4n) is 3.30. The highest BCUT2D eigenvalue weighted by molar-refractivity contribution is 5.46. The monoisotopic (exact) mass is 322 g/mol. The Morgan fingerprint density at radius 2 is 1.88 bits per heavy atom. The number of benzene rings is 1. The van der Waals surface area contributed by atoms with Crippen molar-refractivity contribution in [2.75, 3.05) is 7.11 Å². The molecule has 0 N–H and O–H groups in total. The van der Waals surface area contributed by atoms with Crippen LogP contribution >= 0.6 is 0 Å². The van der Waals surface area contributed by atoms with Crippen LogP contribution in [0, 0.1) is 11.3 Å². The summed E-state index contributed by atoms with van der Waals surface area (Å²) in [5.41, 5.74) is 2.15. The largest absolute Gasteiger partial charge is 0.493 e. The summed E-state index contributed by atoms with van der Waals surface area (Å²) in [6, 6.07) is 12.2. The highest BCUT2D eigenvalue weighted by atomic mass is 16.5. The van der Waals surface area contributed by atoms with Crippen LogP contribution in [0.2, 0.25) is 0 Å². The van der Waals surface area contributed by atoms with Gasteiger partial charge in [-0.3, -0.25) is 4.98 Å². The number of aromatic nitrogens is 1. The van der Waals surface area contributed by atoms with E-state index in [0.717, 1.165) is 35.5 Å². The van der Waals surface area contributed by atoms with Crippen molar-refractivity contribution in [2.24, 2.45) is 0 Å². The number of methoxy groups -OCH3 is 1. The molecule has 1 saturated carbocycles. The topological polar surface area (TPSA) is 55.1 Å². The van der Waals surface area contributed by atoms with Gasteiger partial charge in [0.1, 0.15) is 0 Å². The minimum absolute atomic E-state index is 0.00911. The minimum Gasteiger partial charge on any atom is -0.493 e. The van der Waals surface area contributed by atoms with Crippen molar-refractivity contribution in [1.29, 1.82) is 5.26 Å². The third kappa shape index (κ3) is 3.68. The maximum atomic E-state index is 9.24. The first-order valence-electron chi connectivity index (χ1n) is 8.43. The van der Waals surface area contributed by atoms with E-state index in [1.807, 2.05) is 30.3 Å². The maximum Gasteiger partial charge on any atom is 0.161 e. The lowest BCUT2D eigenvalue weighted by Gasteiger charge is -2.20. The van der Waals surface area contributed by atoms with Gasteiger partial charge in [0.2, 0.25) is 0 Å². The Balaban J connectivity index is 1.92. The molecule has 0 spiro atoms. The van der Waals surface area contributed by atoms with Crippen molar-refractivity contribution in [1.82, 2.24) is 4.98 Å². The molecule has 0 saturated heterocycles. The molecule has 1 aliphatic carbocycles. The highest BCUT2D eigenvalue weighted by Gasteiger charge is 2.21. The Morgan fingerprint density at radius 1 is 1.12 bits per heavy atom. The van der Waals surface area contributed by atoms with E-state index < -0.39 is 0 Å². The normalized spacial score (nSPS) is 15.7. The molecule has 4 nitrogen and oxygen atoms in total. The van der Waals surface area contributed by atoms with E-state index in [9.17, 15) is 5.26 Å². The van der Waals surface area contributed by atoms with Gasteiger partial charge in [0.05, 0.1) is 19.3 Å². The molecule has 3 rings (SSSR count). The summed E-state index contributed by atoms with van der Waals surface area (Å²) in [5.74, 6) is 1.53. The number of rotatable bonds is 6. The molecule has 1 fully saturated rings. The van der Waals surface area contributed by atoms with E-state index in [-0.39, 0.29) is 12.0 Å². The zero-order valence-corrected chi connectivity index (χ0v) is 13.9. The number of ether oxygens (including phenoxy) is 2. The van der Waals surface area contributed by atoms with Crippen molar-refractivity contribution in [3.8, 4) is 17.6 Å². The zero-order valence-electron chi connectivity index (χ0n) is 13.9. The minimum atomic E-state index is 0.00911. The number of hydrogen-bond acceptors (Lipinski definition) is 4. The van der Waals surface area contributed by atoms with Gasteiger partial charge in [-0.2, -0.15) is 5.26 Å². The Hall–Kier alpha value is -2.54. The van der Waals surface area contributed by atoms with E-state index in [0.29, 0.717) is 6.42 Å². The lowest BCUT2D eigenvalue weighted by atomic mass is 9.89. The lowest BCUT2D eigenvalue weighted by Crippen LogP contribution is -2.12. The van der Waals surface area contributed by atoms with Gasteiger partial charge in [-0.15, -0.1) is 0 Å². The quantitative estimate of drug-likeness (QED) is 0.788. The van der Waals surface area contributed by atoms with E-state index in [1.54, 1.807) is 19.5 Å². The SMILES string of the molecule is COc1ccc(C(CC#N)c2ccncc2)cc1OC1CCCC1. The molecule has 1 unspecified atom stereocenters. The van der Waals surface area contributed by atoms with Gasteiger partial charge in [0, 0.05) is 24.7 Å². The van der Waals surface area contributed by atoms with Gasteiger partial charge < -0.3 is 9.47 Å². The molecule has 4 heteroatoms. The van der Waals surface area contributed by atoms with Crippen molar-refractivity contribution >= 4 is 0 Å². The summed E-state index contributed by atoms with van der Waals surface area (Å²) in [6.07, 6.45) is 8.85. The van der Waals surface area contributed by atoms with Gasteiger partial charge in [-0.1, -0.05) is 6.07 Å². The molecule has 124 valence electrons.